The number of benzene rings is 2. The van der Waals surface area contributed by atoms with E-state index in [0.717, 1.165) is 22.1 Å². The summed E-state index contributed by atoms with van der Waals surface area (Å²) in [6.07, 6.45) is 0. The highest BCUT2D eigenvalue weighted by Crippen LogP contribution is 2.31. The highest BCUT2D eigenvalue weighted by atomic mass is 35.5. The lowest BCUT2D eigenvalue weighted by molar-refractivity contribution is -0.118. The molecule has 0 saturated heterocycles. The van der Waals surface area contributed by atoms with Crippen LogP contribution < -0.4 is 15.7 Å². The summed E-state index contributed by atoms with van der Waals surface area (Å²) in [5.41, 5.74) is 4.15. The van der Waals surface area contributed by atoms with Gasteiger partial charge in [-0.15, -0.1) is 0 Å². The van der Waals surface area contributed by atoms with E-state index >= 15 is 0 Å². The van der Waals surface area contributed by atoms with Crippen molar-refractivity contribution in [2.24, 2.45) is 0 Å². The summed E-state index contributed by atoms with van der Waals surface area (Å²) in [6.45, 7) is 7.25. The number of hydrogen-bond acceptors (Lipinski definition) is 4. The van der Waals surface area contributed by atoms with Gasteiger partial charge in [-0.1, -0.05) is 17.7 Å². The molecule has 0 unspecified atom stereocenters. The zero-order valence-corrected chi connectivity index (χ0v) is 16.4. The largest absolute Gasteiger partial charge is 0.482 e. The Morgan fingerprint density at radius 2 is 1.70 bits per heavy atom. The second kappa shape index (κ2) is 7.45. The molecule has 0 aliphatic heterocycles. The van der Waals surface area contributed by atoms with Gasteiger partial charge in [0.05, 0.1) is 5.02 Å². The summed E-state index contributed by atoms with van der Waals surface area (Å²) in [5, 5.41) is 3.88. The first kappa shape index (κ1) is 19.0. The van der Waals surface area contributed by atoms with Crippen molar-refractivity contribution in [2.75, 3.05) is 11.9 Å². The number of nitrogens with one attached hydrogen (secondary N) is 1. The Hall–Kier alpha value is -2.79. The highest BCUT2D eigenvalue weighted by Gasteiger charge is 2.13. The maximum absolute atomic E-state index is 12.2. The summed E-state index contributed by atoms with van der Waals surface area (Å²) in [6, 6.07) is 9.01. The van der Waals surface area contributed by atoms with Crippen LogP contribution in [0.2, 0.25) is 5.02 Å². The summed E-state index contributed by atoms with van der Waals surface area (Å²) in [7, 11) is 0. The van der Waals surface area contributed by atoms with Crippen molar-refractivity contribution in [1.82, 2.24) is 0 Å². The monoisotopic (exact) mass is 385 g/mol. The Morgan fingerprint density at radius 1 is 1.04 bits per heavy atom. The first-order valence-corrected chi connectivity index (χ1v) is 8.87. The van der Waals surface area contributed by atoms with E-state index in [1.807, 2.05) is 39.0 Å². The molecular formula is C21H20ClNO4. The van der Waals surface area contributed by atoms with Crippen molar-refractivity contribution < 1.29 is 13.9 Å². The molecule has 140 valence electrons. The normalized spacial score (nSPS) is 10.9. The van der Waals surface area contributed by atoms with Gasteiger partial charge in [0.1, 0.15) is 11.3 Å². The molecule has 0 aliphatic rings. The van der Waals surface area contributed by atoms with E-state index in [9.17, 15) is 9.59 Å². The molecule has 3 aromatic rings. The Kier molecular flexibility index (Phi) is 5.24. The first-order valence-electron chi connectivity index (χ1n) is 8.49. The number of hydrogen-bond donors (Lipinski definition) is 1. The fourth-order valence-corrected chi connectivity index (χ4v) is 3.16. The minimum Gasteiger partial charge on any atom is -0.482 e. The first-order chi connectivity index (χ1) is 12.7. The van der Waals surface area contributed by atoms with Gasteiger partial charge in [0.15, 0.2) is 6.61 Å². The molecule has 27 heavy (non-hydrogen) atoms. The number of anilines is 1. The quantitative estimate of drug-likeness (QED) is 0.661. The van der Waals surface area contributed by atoms with E-state index in [-0.39, 0.29) is 18.3 Å². The standard InChI is InChI=1S/C21H20ClNO4/c1-11-5-12(2)7-15(6-11)23-20(24)10-26-19-9-18-16(8-17(19)22)13(3)14(4)21(25)27-18/h5-9H,10H2,1-4H3,(H,23,24). The molecule has 1 N–H and O–H groups in total. The third kappa shape index (κ3) is 4.14. The van der Waals surface area contributed by atoms with Crippen molar-refractivity contribution in [3.05, 3.63) is 68.0 Å². The van der Waals surface area contributed by atoms with E-state index in [2.05, 4.69) is 5.32 Å². The third-order valence-electron chi connectivity index (χ3n) is 4.37. The fraction of sp³-hybridized carbons (Fsp3) is 0.238. The Morgan fingerprint density at radius 3 is 2.37 bits per heavy atom. The van der Waals surface area contributed by atoms with Crippen molar-refractivity contribution >= 4 is 34.2 Å². The van der Waals surface area contributed by atoms with Gasteiger partial charge in [0.25, 0.3) is 5.91 Å². The molecule has 0 spiro atoms. The lowest BCUT2D eigenvalue weighted by Gasteiger charge is -2.11. The number of amides is 1. The maximum Gasteiger partial charge on any atom is 0.339 e. The van der Waals surface area contributed by atoms with Gasteiger partial charge < -0.3 is 14.5 Å². The zero-order chi connectivity index (χ0) is 19.7. The minimum atomic E-state index is -0.402. The molecule has 1 aromatic heterocycles. The fourth-order valence-electron chi connectivity index (χ4n) is 2.94. The molecule has 1 amide bonds. The van der Waals surface area contributed by atoms with Gasteiger partial charge in [-0.05, 0) is 62.6 Å². The van der Waals surface area contributed by atoms with Crippen LogP contribution in [0.4, 0.5) is 5.69 Å². The SMILES string of the molecule is Cc1cc(C)cc(NC(=O)COc2cc3oc(=O)c(C)c(C)c3cc2Cl)c1. The molecule has 0 fully saturated rings. The number of rotatable bonds is 4. The molecule has 2 aromatic carbocycles. The van der Waals surface area contributed by atoms with Crippen molar-refractivity contribution in [3.63, 3.8) is 0 Å². The number of fused-ring (bicyclic) bond motifs is 1. The lowest BCUT2D eigenvalue weighted by atomic mass is 10.1. The molecule has 3 rings (SSSR count). The number of ether oxygens (including phenoxy) is 1. The van der Waals surface area contributed by atoms with Crippen LogP contribution in [0.25, 0.3) is 11.0 Å². The van der Waals surface area contributed by atoms with E-state index in [1.54, 1.807) is 13.0 Å². The Balaban J connectivity index is 1.78. The summed E-state index contributed by atoms with van der Waals surface area (Å²) >= 11 is 6.28. The van der Waals surface area contributed by atoms with Crippen molar-refractivity contribution in [3.8, 4) is 5.75 Å². The van der Waals surface area contributed by atoms with E-state index in [4.69, 9.17) is 20.8 Å². The highest BCUT2D eigenvalue weighted by molar-refractivity contribution is 6.32. The van der Waals surface area contributed by atoms with E-state index in [0.29, 0.717) is 21.9 Å². The van der Waals surface area contributed by atoms with Crippen LogP contribution in [0, 0.1) is 27.7 Å². The van der Waals surface area contributed by atoms with Crippen LogP contribution in [0.5, 0.6) is 5.75 Å². The topological polar surface area (TPSA) is 68.5 Å². The second-order valence-corrected chi connectivity index (χ2v) is 7.04. The number of carbonyl (C=O) groups excluding carboxylic acids is 1. The summed E-state index contributed by atoms with van der Waals surface area (Å²) < 4.78 is 10.8. The average Bonchev–Trinajstić information content (AvgIpc) is 2.58. The molecule has 1 heterocycles. The number of carbonyl (C=O) groups is 1. The third-order valence-corrected chi connectivity index (χ3v) is 4.67. The molecular weight excluding hydrogens is 366 g/mol. The van der Waals surface area contributed by atoms with Gasteiger partial charge in [0.2, 0.25) is 0 Å². The van der Waals surface area contributed by atoms with E-state index in [1.165, 1.54) is 6.07 Å². The zero-order valence-electron chi connectivity index (χ0n) is 15.6. The lowest BCUT2D eigenvalue weighted by Crippen LogP contribution is -2.20. The van der Waals surface area contributed by atoms with Crippen LogP contribution in [-0.2, 0) is 4.79 Å². The van der Waals surface area contributed by atoms with Crippen LogP contribution in [0.3, 0.4) is 0 Å². The predicted molar refractivity (Wildman–Crippen MR) is 107 cm³/mol. The summed E-state index contributed by atoms with van der Waals surface area (Å²) in [4.78, 5) is 24.1. The smallest absolute Gasteiger partial charge is 0.339 e. The maximum atomic E-state index is 12.2. The van der Waals surface area contributed by atoms with Gasteiger partial charge in [0, 0.05) is 22.7 Å². The van der Waals surface area contributed by atoms with Crippen LogP contribution in [0.1, 0.15) is 22.3 Å². The molecule has 0 atom stereocenters. The molecule has 5 nitrogen and oxygen atoms in total. The van der Waals surface area contributed by atoms with Gasteiger partial charge >= 0.3 is 5.63 Å². The predicted octanol–water partition coefficient (Wildman–Crippen LogP) is 4.70. The molecule has 0 radical (unpaired) electrons. The van der Waals surface area contributed by atoms with Crippen LogP contribution in [0.15, 0.2) is 39.5 Å². The molecule has 0 bridgehead atoms. The van der Waals surface area contributed by atoms with Crippen LogP contribution in [-0.4, -0.2) is 12.5 Å². The Bertz CT molecular complexity index is 1080. The van der Waals surface area contributed by atoms with E-state index < -0.39 is 5.63 Å². The van der Waals surface area contributed by atoms with Crippen molar-refractivity contribution in [2.45, 2.75) is 27.7 Å². The van der Waals surface area contributed by atoms with Crippen LogP contribution >= 0.6 is 11.6 Å². The number of aryl methyl sites for hydroxylation is 3. The average molecular weight is 386 g/mol. The second-order valence-electron chi connectivity index (χ2n) is 6.63. The number of halogens is 1. The minimum absolute atomic E-state index is 0.215. The van der Waals surface area contributed by atoms with Gasteiger partial charge in [-0.2, -0.15) is 0 Å². The van der Waals surface area contributed by atoms with Gasteiger partial charge in [-0.3, -0.25) is 4.79 Å². The molecule has 0 saturated carbocycles. The van der Waals surface area contributed by atoms with Gasteiger partial charge in [-0.25, -0.2) is 4.79 Å². The van der Waals surface area contributed by atoms with Crippen molar-refractivity contribution in [1.29, 1.82) is 0 Å². The Labute approximate surface area is 161 Å². The summed E-state index contributed by atoms with van der Waals surface area (Å²) in [5.74, 6) is -0.0242. The molecule has 0 aliphatic carbocycles. The molecule has 6 heteroatoms.